The fourth-order valence-electron chi connectivity index (χ4n) is 2.24. The molecule has 0 aliphatic heterocycles. The van der Waals surface area contributed by atoms with Gasteiger partial charge in [0, 0.05) is 22.6 Å². The fraction of sp³-hybridized carbons (Fsp3) is 0.364. The Morgan fingerprint density at radius 3 is 2.24 bits per heavy atom. The predicted molar refractivity (Wildman–Crippen MR) is 75.8 cm³/mol. The summed E-state index contributed by atoms with van der Waals surface area (Å²) < 4.78 is 24.2. The monoisotopic (exact) mass is 333 g/mol. The number of hydrogen-bond donors (Lipinski definition) is 1. The molecule has 1 saturated carbocycles. The van der Waals surface area contributed by atoms with Gasteiger partial charge in [0.2, 0.25) is 0 Å². The van der Waals surface area contributed by atoms with Crippen molar-refractivity contribution in [3.05, 3.63) is 34.3 Å². The Balaban J connectivity index is 2.34. The molecule has 92 valence electrons. The van der Waals surface area contributed by atoms with E-state index in [0.717, 1.165) is 10.0 Å². The van der Waals surface area contributed by atoms with Crippen LogP contribution in [-0.2, 0) is 9.84 Å². The van der Waals surface area contributed by atoms with Crippen molar-refractivity contribution in [2.24, 2.45) is 11.7 Å². The Morgan fingerprint density at radius 1 is 1.35 bits per heavy atom. The molecule has 1 aliphatic rings. The first kappa shape index (κ1) is 13.0. The fourth-order valence-corrected chi connectivity index (χ4v) is 4.50. The summed E-state index contributed by atoms with van der Waals surface area (Å²) in [5, 5.41) is -0.457. The highest BCUT2D eigenvalue weighted by Crippen LogP contribution is 2.52. The summed E-state index contributed by atoms with van der Waals surface area (Å²) in [6.07, 6.45) is 1.24. The Bertz CT molecular complexity index is 553. The van der Waals surface area contributed by atoms with Gasteiger partial charge in [-0.2, -0.15) is 0 Å². The first-order chi connectivity index (χ1) is 7.82. The maximum Gasteiger partial charge on any atom is 0.151 e. The van der Waals surface area contributed by atoms with E-state index in [-0.39, 0.29) is 16.8 Å². The number of nitrogens with two attached hydrogens (primary N) is 1. The van der Waals surface area contributed by atoms with Gasteiger partial charge in [-0.15, -0.1) is 0 Å². The number of halogens is 1. The Labute approximate surface area is 114 Å². The average Bonchev–Trinajstić information content (AvgIpc) is 2.93. The van der Waals surface area contributed by atoms with E-state index in [2.05, 4.69) is 15.9 Å². The summed E-state index contributed by atoms with van der Waals surface area (Å²) >= 11 is 8.28. The average molecular weight is 334 g/mol. The summed E-state index contributed by atoms with van der Waals surface area (Å²) in [5.74, 6) is -0.309. The molecule has 2 rings (SSSR count). The zero-order valence-corrected chi connectivity index (χ0v) is 12.3. The molecule has 1 aromatic rings. The summed E-state index contributed by atoms with van der Waals surface area (Å²) in [5.41, 5.74) is 6.57. The lowest BCUT2D eigenvalue weighted by molar-refractivity contribution is 0.599. The normalized spacial score (nSPS) is 27.8. The van der Waals surface area contributed by atoms with Crippen LogP contribution in [0.15, 0.2) is 28.7 Å². The molecule has 0 spiro atoms. The van der Waals surface area contributed by atoms with Crippen LogP contribution in [0.25, 0.3) is 0 Å². The number of hydrogen-bond acceptors (Lipinski definition) is 3. The van der Waals surface area contributed by atoms with Crippen molar-refractivity contribution < 1.29 is 8.42 Å². The van der Waals surface area contributed by atoms with Gasteiger partial charge in [-0.3, -0.25) is 0 Å². The predicted octanol–water partition coefficient (Wildman–Crippen LogP) is 1.86. The maximum atomic E-state index is 11.6. The highest BCUT2D eigenvalue weighted by Gasteiger charge is 2.58. The largest absolute Gasteiger partial charge is 0.393 e. The molecule has 0 radical (unpaired) electrons. The molecule has 0 heterocycles. The van der Waals surface area contributed by atoms with Crippen molar-refractivity contribution >= 4 is 43.0 Å². The van der Waals surface area contributed by atoms with Gasteiger partial charge < -0.3 is 5.73 Å². The van der Waals surface area contributed by atoms with E-state index >= 15 is 0 Å². The Morgan fingerprint density at radius 2 is 1.88 bits per heavy atom. The molecule has 1 aromatic carbocycles. The number of thiocarbonyl (C=S) groups is 1. The minimum Gasteiger partial charge on any atom is -0.393 e. The van der Waals surface area contributed by atoms with E-state index in [9.17, 15) is 8.42 Å². The molecule has 3 nitrogen and oxygen atoms in total. The van der Waals surface area contributed by atoms with Crippen LogP contribution in [0.4, 0.5) is 0 Å². The molecule has 17 heavy (non-hydrogen) atoms. The first-order valence-corrected chi connectivity index (χ1v) is 8.21. The highest BCUT2D eigenvalue weighted by molar-refractivity contribution is 9.10. The molecular formula is C11H12BrNO2S2. The number of rotatable bonds is 3. The topological polar surface area (TPSA) is 60.2 Å². The summed E-state index contributed by atoms with van der Waals surface area (Å²) in [4.78, 5) is 0.286. The smallest absolute Gasteiger partial charge is 0.151 e. The lowest BCUT2D eigenvalue weighted by Gasteiger charge is -1.99. The molecule has 6 heteroatoms. The number of benzene rings is 1. The van der Waals surface area contributed by atoms with E-state index in [1.165, 1.54) is 6.26 Å². The Hall–Kier alpha value is -0.460. The van der Waals surface area contributed by atoms with Crippen molar-refractivity contribution in [3.8, 4) is 0 Å². The quantitative estimate of drug-likeness (QED) is 0.858. The van der Waals surface area contributed by atoms with Crippen LogP contribution in [-0.4, -0.2) is 24.9 Å². The molecule has 0 amide bonds. The molecule has 0 saturated heterocycles. The zero-order valence-electron chi connectivity index (χ0n) is 9.13. The first-order valence-electron chi connectivity index (χ1n) is 5.06. The SMILES string of the molecule is CS(=O)(=O)[C@@H]1[C@@H](C(N)=S)[C@@H]1c1ccc(Br)cc1. The second-order valence-corrected chi connectivity index (χ2v) is 7.89. The van der Waals surface area contributed by atoms with Crippen molar-refractivity contribution in [2.75, 3.05) is 6.26 Å². The van der Waals surface area contributed by atoms with Crippen LogP contribution in [0.3, 0.4) is 0 Å². The van der Waals surface area contributed by atoms with E-state index < -0.39 is 15.1 Å². The second kappa shape index (κ2) is 4.33. The van der Waals surface area contributed by atoms with Crippen molar-refractivity contribution in [2.45, 2.75) is 11.2 Å². The molecule has 3 atom stereocenters. The molecule has 0 bridgehead atoms. The summed E-state index contributed by atoms with van der Waals surface area (Å²) in [6.45, 7) is 0. The van der Waals surface area contributed by atoms with Crippen LogP contribution in [0.5, 0.6) is 0 Å². The van der Waals surface area contributed by atoms with Crippen LogP contribution in [0.2, 0.25) is 0 Å². The highest BCUT2D eigenvalue weighted by atomic mass is 79.9. The van der Waals surface area contributed by atoms with Crippen molar-refractivity contribution in [1.82, 2.24) is 0 Å². The van der Waals surface area contributed by atoms with Gasteiger partial charge in [0.15, 0.2) is 9.84 Å². The molecule has 2 N–H and O–H groups in total. The molecule has 1 aliphatic carbocycles. The third-order valence-electron chi connectivity index (χ3n) is 3.03. The molecule has 1 fully saturated rings. The van der Waals surface area contributed by atoms with Crippen LogP contribution < -0.4 is 5.73 Å². The minimum absolute atomic E-state index is 0.0874. The third kappa shape index (κ3) is 2.53. The lowest BCUT2D eigenvalue weighted by Crippen LogP contribution is -2.16. The second-order valence-electron chi connectivity index (χ2n) is 4.30. The standard InChI is InChI=1S/C11H12BrNO2S2/c1-17(14,15)10-8(9(10)11(13)16)6-2-4-7(12)5-3-6/h2-5,8-10H,1H3,(H2,13,16)/t8-,9-,10-/m0/s1. The summed E-state index contributed by atoms with van der Waals surface area (Å²) in [6, 6.07) is 7.60. The number of sulfone groups is 1. The van der Waals surface area contributed by atoms with Gasteiger partial charge in [0.25, 0.3) is 0 Å². The van der Waals surface area contributed by atoms with Gasteiger partial charge in [-0.1, -0.05) is 40.3 Å². The van der Waals surface area contributed by atoms with E-state index in [0.29, 0.717) is 0 Å². The van der Waals surface area contributed by atoms with Crippen LogP contribution in [0.1, 0.15) is 11.5 Å². The molecule has 0 aromatic heterocycles. The lowest BCUT2D eigenvalue weighted by atomic mass is 10.1. The zero-order chi connectivity index (χ0) is 12.8. The van der Waals surface area contributed by atoms with Gasteiger partial charge in [0.1, 0.15) is 0 Å². The van der Waals surface area contributed by atoms with E-state index in [1.807, 2.05) is 24.3 Å². The van der Waals surface area contributed by atoms with Crippen molar-refractivity contribution in [1.29, 1.82) is 0 Å². The van der Waals surface area contributed by atoms with E-state index in [1.54, 1.807) is 0 Å². The van der Waals surface area contributed by atoms with Gasteiger partial charge >= 0.3 is 0 Å². The summed E-state index contributed by atoms with van der Waals surface area (Å²) in [7, 11) is -3.11. The van der Waals surface area contributed by atoms with E-state index in [4.69, 9.17) is 18.0 Å². The minimum atomic E-state index is -3.11. The Kier molecular flexibility index (Phi) is 3.31. The molecular weight excluding hydrogens is 322 g/mol. The van der Waals surface area contributed by atoms with Crippen LogP contribution in [0, 0.1) is 5.92 Å². The van der Waals surface area contributed by atoms with Gasteiger partial charge in [-0.25, -0.2) is 8.42 Å². The van der Waals surface area contributed by atoms with Crippen LogP contribution >= 0.6 is 28.1 Å². The van der Waals surface area contributed by atoms with Gasteiger partial charge in [0.05, 0.1) is 10.2 Å². The van der Waals surface area contributed by atoms with Crippen molar-refractivity contribution in [3.63, 3.8) is 0 Å². The van der Waals surface area contributed by atoms with Gasteiger partial charge in [-0.05, 0) is 17.7 Å². The molecule has 0 unspecified atom stereocenters. The maximum absolute atomic E-state index is 11.6. The third-order valence-corrected chi connectivity index (χ3v) is 5.41.